The molecule has 0 aliphatic rings. The number of methoxy groups -OCH3 is 1. The molecule has 6 nitrogen and oxygen atoms in total. The van der Waals surface area contributed by atoms with Crippen LogP contribution >= 0.6 is 0 Å². The molecular weight excluding hydrogens is 296 g/mol. The standard InChI is InChI=1S/C17H14N2O4/c1-23-17-7-6-12(10-15(17)19(21)22)11-18-9-8-16(20)13-4-2-3-5-14(13)18/h2-10H,11H2,1H3. The zero-order chi connectivity index (χ0) is 16.4. The second-order valence-electron chi connectivity index (χ2n) is 5.09. The molecule has 1 heterocycles. The molecule has 0 saturated carbocycles. The van der Waals surface area contributed by atoms with Crippen LogP contribution in [0.1, 0.15) is 5.56 Å². The van der Waals surface area contributed by atoms with Gasteiger partial charge < -0.3 is 9.30 Å². The molecule has 3 aromatic rings. The molecule has 116 valence electrons. The van der Waals surface area contributed by atoms with Crippen LogP contribution < -0.4 is 10.2 Å². The minimum Gasteiger partial charge on any atom is -0.490 e. The average Bonchev–Trinajstić information content (AvgIpc) is 2.57. The molecular formula is C17H14N2O4. The zero-order valence-electron chi connectivity index (χ0n) is 12.4. The van der Waals surface area contributed by atoms with Crippen LogP contribution in [0.5, 0.6) is 5.75 Å². The highest BCUT2D eigenvalue weighted by Gasteiger charge is 2.15. The molecule has 0 unspecified atom stereocenters. The van der Waals surface area contributed by atoms with Crippen molar-refractivity contribution in [2.75, 3.05) is 7.11 Å². The van der Waals surface area contributed by atoms with E-state index in [-0.39, 0.29) is 16.9 Å². The highest BCUT2D eigenvalue weighted by Crippen LogP contribution is 2.28. The maximum Gasteiger partial charge on any atom is 0.311 e. The maximum atomic E-state index is 11.9. The van der Waals surface area contributed by atoms with Gasteiger partial charge in [-0.25, -0.2) is 0 Å². The summed E-state index contributed by atoms with van der Waals surface area (Å²) >= 11 is 0. The van der Waals surface area contributed by atoms with Crippen molar-refractivity contribution in [3.63, 3.8) is 0 Å². The van der Waals surface area contributed by atoms with E-state index in [0.29, 0.717) is 11.9 Å². The van der Waals surface area contributed by atoms with Gasteiger partial charge in [0.2, 0.25) is 0 Å². The Bertz CT molecular complexity index is 947. The van der Waals surface area contributed by atoms with Gasteiger partial charge in [0.05, 0.1) is 17.5 Å². The highest BCUT2D eigenvalue weighted by molar-refractivity contribution is 5.78. The monoisotopic (exact) mass is 310 g/mol. The van der Waals surface area contributed by atoms with Gasteiger partial charge in [0, 0.05) is 30.3 Å². The molecule has 6 heteroatoms. The van der Waals surface area contributed by atoms with Gasteiger partial charge in [-0.1, -0.05) is 18.2 Å². The minimum atomic E-state index is -0.466. The van der Waals surface area contributed by atoms with Gasteiger partial charge in [-0.05, 0) is 23.8 Å². The van der Waals surface area contributed by atoms with Gasteiger partial charge in [0.25, 0.3) is 0 Å². The number of nitro groups is 1. The highest BCUT2D eigenvalue weighted by atomic mass is 16.6. The quantitative estimate of drug-likeness (QED) is 0.548. The van der Waals surface area contributed by atoms with E-state index in [1.165, 1.54) is 19.2 Å². The van der Waals surface area contributed by atoms with Gasteiger partial charge >= 0.3 is 5.69 Å². The van der Waals surface area contributed by atoms with E-state index in [4.69, 9.17) is 4.74 Å². The summed E-state index contributed by atoms with van der Waals surface area (Å²) in [6.07, 6.45) is 1.70. The SMILES string of the molecule is COc1ccc(Cn2ccc(=O)c3ccccc32)cc1[N+](=O)[O-]. The molecule has 0 atom stereocenters. The van der Waals surface area contributed by atoms with Gasteiger partial charge in [-0.3, -0.25) is 14.9 Å². The predicted octanol–water partition coefficient (Wildman–Crippen LogP) is 2.97. The molecule has 0 aliphatic heterocycles. The number of rotatable bonds is 4. The van der Waals surface area contributed by atoms with Crippen molar-refractivity contribution in [1.29, 1.82) is 0 Å². The van der Waals surface area contributed by atoms with Crippen molar-refractivity contribution < 1.29 is 9.66 Å². The maximum absolute atomic E-state index is 11.9. The van der Waals surface area contributed by atoms with Gasteiger partial charge in [-0.15, -0.1) is 0 Å². The number of pyridine rings is 1. The lowest BCUT2D eigenvalue weighted by molar-refractivity contribution is -0.385. The van der Waals surface area contributed by atoms with Crippen LogP contribution in [0.4, 0.5) is 5.69 Å². The lowest BCUT2D eigenvalue weighted by Gasteiger charge is -2.11. The first-order valence-electron chi connectivity index (χ1n) is 6.99. The number of nitrogens with zero attached hydrogens (tertiary/aromatic N) is 2. The van der Waals surface area contributed by atoms with Crippen molar-refractivity contribution in [2.24, 2.45) is 0 Å². The summed E-state index contributed by atoms with van der Waals surface area (Å²) < 4.78 is 6.90. The Hall–Kier alpha value is -3.15. The molecule has 0 N–H and O–H groups in total. The van der Waals surface area contributed by atoms with Crippen molar-refractivity contribution in [1.82, 2.24) is 4.57 Å². The normalized spacial score (nSPS) is 10.7. The van der Waals surface area contributed by atoms with Gasteiger partial charge in [0.1, 0.15) is 0 Å². The molecule has 3 rings (SSSR count). The molecule has 0 bridgehead atoms. The summed E-state index contributed by atoms with van der Waals surface area (Å²) in [5.74, 6) is 0.225. The summed E-state index contributed by atoms with van der Waals surface area (Å²) in [4.78, 5) is 22.5. The summed E-state index contributed by atoms with van der Waals surface area (Å²) in [5.41, 5.74) is 1.43. The van der Waals surface area contributed by atoms with Crippen LogP contribution in [0.3, 0.4) is 0 Å². The molecule has 0 radical (unpaired) electrons. The Labute approximate surface area is 131 Å². The topological polar surface area (TPSA) is 74.4 Å². The van der Waals surface area contributed by atoms with Crippen LogP contribution in [-0.2, 0) is 6.54 Å². The fourth-order valence-electron chi connectivity index (χ4n) is 2.57. The molecule has 23 heavy (non-hydrogen) atoms. The molecule has 0 aliphatic carbocycles. The Morgan fingerprint density at radius 3 is 2.70 bits per heavy atom. The number of para-hydroxylation sites is 1. The van der Waals surface area contributed by atoms with E-state index < -0.39 is 4.92 Å². The minimum absolute atomic E-state index is 0.0439. The summed E-state index contributed by atoms with van der Waals surface area (Å²) in [6.45, 7) is 0.422. The second kappa shape index (κ2) is 5.92. The van der Waals surface area contributed by atoms with Gasteiger partial charge in [-0.2, -0.15) is 0 Å². The van der Waals surface area contributed by atoms with Crippen LogP contribution in [0, 0.1) is 10.1 Å². The summed E-state index contributed by atoms with van der Waals surface area (Å²) in [6, 6.07) is 13.6. The number of aromatic nitrogens is 1. The van der Waals surface area contributed by atoms with Crippen LogP contribution in [-0.4, -0.2) is 16.6 Å². The molecule has 0 saturated heterocycles. The van der Waals surface area contributed by atoms with Crippen molar-refractivity contribution in [2.45, 2.75) is 6.54 Å². The Kier molecular flexibility index (Phi) is 3.80. The zero-order valence-corrected chi connectivity index (χ0v) is 12.4. The van der Waals surface area contributed by atoms with E-state index in [1.54, 1.807) is 24.4 Å². The predicted molar refractivity (Wildman–Crippen MR) is 87.0 cm³/mol. The van der Waals surface area contributed by atoms with Crippen molar-refractivity contribution in [3.8, 4) is 5.75 Å². The number of hydrogen-bond acceptors (Lipinski definition) is 4. The van der Waals surface area contributed by atoms with Crippen molar-refractivity contribution in [3.05, 3.63) is 80.6 Å². The second-order valence-corrected chi connectivity index (χ2v) is 5.09. The van der Waals surface area contributed by atoms with Gasteiger partial charge in [0.15, 0.2) is 11.2 Å². The fraction of sp³-hybridized carbons (Fsp3) is 0.118. The fourth-order valence-corrected chi connectivity index (χ4v) is 2.57. The first-order chi connectivity index (χ1) is 11.1. The number of nitro benzene ring substituents is 1. The molecule has 1 aromatic heterocycles. The first kappa shape index (κ1) is 14.8. The number of benzene rings is 2. The van der Waals surface area contributed by atoms with E-state index in [2.05, 4.69) is 0 Å². The first-order valence-corrected chi connectivity index (χ1v) is 6.99. The third kappa shape index (κ3) is 2.78. The molecule has 0 fully saturated rings. The number of hydrogen-bond donors (Lipinski definition) is 0. The Morgan fingerprint density at radius 2 is 1.96 bits per heavy atom. The van der Waals surface area contributed by atoms with Crippen LogP contribution in [0.25, 0.3) is 10.9 Å². The lowest BCUT2D eigenvalue weighted by Crippen LogP contribution is -2.09. The van der Waals surface area contributed by atoms with E-state index in [9.17, 15) is 14.9 Å². The van der Waals surface area contributed by atoms with Crippen LogP contribution in [0.2, 0.25) is 0 Å². The van der Waals surface area contributed by atoms with E-state index in [0.717, 1.165) is 11.1 Å². The Morgan fingerprint density at radius 1 is 1.17 bits per heavy atom. The van der Waals surface area contributed by atoms with E-state index in [1.807, 2.05) is 22.8 Å². The third-order valence-electron chi connectivity index (χ3n) is 3.68. The van der Waals surface area contributed by atoms with E-state index >= 15 is 0 Å². The summed E-state index contributed by atoms with van der Waals surface area (Å²) in [5, 5.41) is 11.7. The largest absolute Gasteiger partial charge is 0.490 e. The molecule has 0 amide bonds. The average molecular weight is 310 g/mol. The number of ether oxygens (including phenoxy) is 1. The molecule has 0 spiro atoms. The third-order valence-corrected chi connectivity index (χ3v) is 3.68. The Balaban J connectivity index is 2.06. The smallest absolute Gasteiger partial charge is 0.311 e. The van der Waals surface area contributed by atoms with Crippen molar-refractivity contribution >= 4 is 16.6 Å². The molecule has 2 aromatic carbocycles. The number of fused-ring (bicyclic) bond motifs is 1. The summed E-state index contributed by atoms with van der Waals surface area (Å²) in [7, 11) is 1.40. The lowest BCUT2D eigenvalue weighted by atomic mass is 10.1. The van der Waals surface area contributed by atoms with Crippen LogP contribution in [0.15, 0.2) is 59.5 Å².